The maximum atomic E-state index is 12.1. The minimum absolute atomic E-state index is 0.284. The topological polar surface area (TPSA) is 17.1 Å². The molecule has 1 aliphatic carbocycles. The average Bonchev–Trinajstić information content (AvgIpc) is 2.26. The number of hydrogen-bond acceptors (Lipinski definition) is 1. The zero-order valence-corrected chi connectivity index (χ0v) is 9.88. The van der Waals surface area contributed by atoms with Crippen LogP contribution >= 0.6 is 0 Å². The van der Waals surface area contributed by atoms with E-state index in [2.05, 4.69) is 20.8 Å². The Morgan fingerprint density at radius 3 is 2.50 bits per heavy atom. The summed E-state index contributed by atoms with van der Waals surface area (Å²) >= 11 is 0. The Morgan fingerprint density at radius 1 is 1.29 bits per heavy atom. The molecule has 0 aromatic heterocycles. The lowest BCUT2D eigenvalue weighted by molar-refractivity contribution is -0.129. The van der Waals surface area contributed by atoms with Crippen LogP contribution in [0.1, 0.15) is 59.3 Å². The first kappa shape index (κ1) is 11.7. The second kappa shape index (κ2) is 5.53. The molecular formula is C13H24O. The first-order chi connectivity index (χ1) is 6.70. The van der Waals surface area contributed by atoms with Gasteiger partial charge in [-0.1, -0.05) is 40.0 Å². The Hall–Kier alpha value is -0.330. The van der Waals surface area contributed by atoms with Crippen LogP contribution in [0, 0.1) is 17.8 Å². The largest absolute Gasteiger partial charge is 0.299 e. The summed E-state index contributed by atoms with van der Waals surface area (Å²) in [5.74, 6) is 1.90. The van der Waals surface area contributed by atoms with E-state index in [0.29, 0.717) is 17.6 Å². The van der Waals surface area contributed by atoms with Gasteiger partial charge in [-0.3, -0.25) is 4.79 Å². The highest BCUT2D eigenvalue weighted by Crippen LogP contribution is 2.34. The van der Waals surface area contributed by atoms with Crippen LogP contribution in [0.25, 0.3) is 0 Å². The summed E-state index contributed by atoms with van der Waals surface area (Å²) in [5, 5.41) is 0. The zero-order valence-electron chi connectivity index (χ0n) is 9.88. The van der Waals surface area contributed by atoms with E-state index in [1.165, 1.54) is 25.7 Å². The molecule has 0 spiro atoms. The van der Waals surface area contributed by atoms with Gasteiger partial charge in [0.2, 0.25) is 0 Å². The van der Waals surface area contributed by atoms with Crippen LogP contribution in [0.15, 0.2) is 0 Å². The van der Waals surface area contributed by atoms with Crippen LogP contribution in [-0.2, 0) is 4.79 Å². The Morgan fingerprint density at radius 2 is 1.93 bits per heavy atom. The molecule has 1 fully saturated rings. The van der Waals surface area contributed by atoms with Gasteiger partial charge in [0.15, 0.2) is 0 Å². The van der Waals surface area contributed by atoms with E-state index < -0.39 is 0 Å². The number of carbonyl (C=O) groups excluding carboxylic acids is 1. The summed E-state index contributed by atoms with van der Waals surface area (Å²) in [7, 11) is 0. The van der Waals surface area contributed by atoms with Crippen molar-refractivity contribution in [3.05, 3.63) is 0 Å². The van der Waals surface area contributed by atoms with Gasteiger partial charge in [0.05, 0.1) is 0 Å². The molecule has 0 bridgehead atoms. The van der Waals surface area contributed by atoms with E-state index in [4.69, 9.17) is 0 Å². The number of ketones is 1. The van der Waals surface area contributed by atoms with Crippen LogP contribution in [0.2, 0.25) is 0 Å². The molecule has 82 valence electrons. The number of hydrogen-bond donors (Lipinski definition) is 0. The minimum Gasteiger partial charge on any atom is -0.299 e. The highest BCUT2D eigenvalue weighted by molar-refractivity contribution is 5.83. The van der Waals surface area contributed by atoms with Crippen molar-refractivity contribution < 1.29 is 4.79 Å². The molecule has 1 aliphatic rings. The van der Waals surface area contributed by atoms with E-state index in [9.17, 15) is 4.79 Å². The van der Waals surface area contributed by atoms with E-state index >= 15 is 0 Å². The average molecular weight is 196 g/mol. The summed E-state index contributed by atoms with van der Waals surface area (Å²) < 4.78 is 0. The SMILES string of the molecule is CC[C@H]1CCCC[C@@H]1C(=O)[C@@H](C)CC. The molecule has 0 aliphatic heterocycles. The summed E-state index contributed by atoms with van der Waals surface area (Å²) in [6.45, 7) is 6.43. The molecule has 0 amide bonds. The van der Waals surface area contributed by atoms with E-state index in [-0.39, 0.29) is 5.92 Å². The van der Waals surface area contributed by atoms with Gasteiger partial charge >= 0.3 is 0 Å². The first-order valence-electron chi connectivity index (χ1n) is 6.24. The molecule has 0 heterocycles. The highest BCUT2D eigenvalue weighted by atomic mass is 16.1. The molecule has 1 saturated carbocycles. The molecule has 1 nitrogen and oxygen atoms in total. The normalized spacial score (nSPS) is 29.9. The monoisotopic (exact) mass is 196 g/mol. The molecule has 0 aromatic rings. The number of carbonyl (C=O) groups is 1. The molecule has 3 atom stereocenters. The second-order valence-corrected chi connectivity index (χ2v) is 4.77. The van der Waals surface area contributed by atoms with Crippen molar-refractivity contribution in [2.45, 2.75) is 59.3 Å². The quantitative estimate of drug-likeness (QED) is 0.668. The van der Waals surface area contributed by atoms with Crippen LogP contribution in [-0.4, -0.2) is 5.78 Å². The van der Waals surface area contributed by atoms with Gasteiger partial charge in [-0.25, -0.2) is 0 Å². The molecule has 0 unspecified atom stereocenters. The van der Waals surface area contributed by atoms with Crippen molar-refractivity contribution in [2.24, 2.45) is 17.8 Å². The smallest absolute Gasteiger partial charge is 0.139 e. The van der Waals surface area contributed by atoms with Crippen molar-refractivity contribution in [3.8, 4) is 0 Å². The summed E-state index contributed by atoms with van der Waals surface area (Å²) in [5.41, 5.74) is 0. The fourth-order valence-electron chi connectivity index (χ4n) is 2.64. The summed E-state index contributed by atoms with van der Waals surface area (Å²) in [6.07, 6.45) is 7.23. The Balaban J connectivity index is 2.58. The van der Waals surface area contributed by atoms with E-state index in [0.717, 1.165) is 12.8 Å². The lowest BCUT2D eigenvalue weighted by Crippen LogP contribution is -2.30. The Bertz CT molecular complexity index is 186. The predicted octanol–water partition coefficient (Wildman–Crippen LogP) is 3.82. The molecule has 1 heteroatoms. The molecule has 0 N–H and O–H groups in total. The van der Waals surface area contributed by atoms with Gasteiger partial charge in [-0.05, 0) is 25.2 Å². The van der Waals surface area contributed by atoms with Crippen LogP contribution < -0.4 is 0 Å². The predicted molar refractivity (Wildman–Crippen MR) is 60.2 cm³/mol. The Labute approximate surface area is 88.3 Å². The van der Waals surface area contributed by atoms with Gasteiger partial charge in [-0.2, -0.15) is 0 Å². The number of Topliss-reactive ketones (excluding diaryl/α,β-unsaturated/α-hetero) is 1. The summed E-state index contributed by atoms with van der Waals surface area (Å²) in [4.78, 5) is 12.1. The molecule has 0 aromatic carbocycles. The number of rotatable bonds is 4. The second-order valence-electron chi connectivity index (χ2n) is 4.77. The lowest BCUT2D eigenvalue weighted by atomic mass is 9.73. The molecular weight excluding hydrogens is 172 g/mol. The van der Waals surface area contributed by atoms with Crippen LogP contribution in [0.4, 0.5) is 0 Å². The highest BCUT2D eigenvalue weighted by Gasteiger charge is 2.31. The van der Waals surface area contributed by atoms with Gasteiger partial charge in [0, 0.05) is 11.8 Å². The molecule has 1 rings (SSSR count). The summed E-state index contributed by atoms with van der Waals surface area (Å²) in [6, 6.07) is 0. The van der Waals surface area contributed by atoms with Crippen molar-refractivity contribution in [3.63, 3.8) is 0 Å². The van der Waals surface area contributed by atoms with E-state index in [1.807, 2.05) is 0 Å². The van der Waals surface area contributed by atoms with Crippen LogP contribution in [0.5, 0.6) is 0 Å². The van der Waals surface area contributed by atoms with Crippen molar-refractivity contribution in [2.75, 3.05) is 0 Å². The third kappa shape index (κ3) is 2.59. The Kier molecular flexibility index (Phi) is 4.64. The molecule has 0 radical (unpaired) electrons. The third-order valence-corrected chi connectivity index (χ3v) is 3.90. The van der Waals surface area contributed by atoms with Crippen molar-refractivity contribution in [1.82, 2.24) is 0 Å². The minimum atomic E-state index is 0.284. The van der Waals surface area contributed by atoms with Crippen molar-refractivity contribution >= 4 is 5.78 Å². The van der Waals surface area contributed by atoms with Gasteiger partial charge in [0.25, 0.3) is 0 Å². The first-order valence-corrected chi connectivity index (χ1v) is 6.24. The van der Waals surface area contributed by atoms with Gasteiger partial charge in [-0.15, -0.1) is 0 Å². The van der Waals surface area contributed by atoms with Gasteiger partial charge in [0.1, 0.15) is 5.78 Å². The van der Waals surface area contributed by atoms with Gasteiger partial charge < -0.3 is 0 Å². The zero-order chi connectivity index (χ0) is 10.6. The fourth-order valence-corrected chi connectivity index (χ4v) is 2.64. The molecule has 0 saturated heterocycles. The van der Waals surface area contributed by atoms with E-state index in [1.54, 1.807) is 0 Å². The fraction of sp³-hybridized carbons (Fsp3) is 0.923. The van der Waals surface area contributed by atoms with Crippen molar-refractivity contribution in [1.29, 1.82) is 0 Å². The maximum Gasteiger partial charge on any atom is 0.139 e. The lowest BCUT2D eigenvalue weighted by Gasteiger charge is -2.31. The third-order valence-electron chi connectivity index (χ3n) is 3.90. The molecule has 14 heavy (non-hydrogen) atoms. The standard InChI is InChI=1S/C13H24O/c1-4-10(3)13(14)12-9-7-6-8-11(12)5-2/h10-12H,4-9H2,1-3H3/t10-,11-,12-/m0/s1. The van der Waals surface area contributed by atoms with Crippen LogP contribution in [0.3, 0.4) is 0 Å². The maximum absolute atomic E-state index is 12.1.